The molecule has 1 aliphatic heterocycles. The van der Waals surface area contributed by atoms with Crippen LogP contribution in [0.2, 0.25) is 0 Å². The molecule has 0 aromatic rings. The number of carbonyl (C=O) groups excluding carboxylic acids is 1. The molecule has 2 aliphatic rings. The third-order valence-corrected chi connectivity index (χ3v) is 4.54. The summed E-state index contributed by atoms with van der Waals surface area (Å²) in [5.41, 5.74) is -1.11. The maximum absolute atomic E-state index is 12.3. The molecule has 2 rings (SSSR count). The van der Waals surface area contributed by atoms with Crippen molar-refractivity contribution in [2.45, 2.75) is 50.6 Å². The SMILES string of the molecule is CC1CCN(C(=O)NC2(C(=O)O)CCCC2)C1CO. The lowest BCUT2D eigenvalue weighted by Crippen LogP contribution is -2.57. The van der Waals surface area contributed by atoms with Gasteiger partial charge in [-0.15, -0.1) is 0 Å². The average molecular weight is 270 g/mol. The number of carbonyl (C=O) groups is 2. The van der Waals surface area contributed by atoms with Gasteiger partial charge < -0.3 is 20.4 Å². The first kappa shape index (κ1) is 14.1. The summed E-state index contributed by atoms with van der Waals surface area (Å²) in [4.78, 5) is 25.2. The van der Waals surface area contributed by atoms with Crippen molar-refractivity contribution in [1.82, 2.24) is 10.2 Å². The van der Waals surface area contributed by atoms with E-state index in [2.05, 4.69) is 5.32 Å². The van der Waals surface area contributed by atoms with E-state index in [9.17, 15) is 19.8 Å². The third-order valence-electron chi connectivity index (χ3n) is 4.54. The van der Waals surface area contributed by atoms with Crippen molar-refractivity contribution < 1.29 is 19.8 Å². The molecule has 108 valence electrons. The Balaban J connectivity index is 2.06. The van der Waals surface area contributed by atoms with Gasteiger partial charge in [-0.05, 0) is 25.2 Å². The Hall–Kier alpha value is -1.30. The Morgan fingerprint density at radius 1 is 1.37 bits per heavy atom. The molecule has 1 saturated carbocycles. The van der Waals surface area contributed by atoms with Crippen LogP contribution in [-0.4, -0.2) is 51.8 Å². The molecule has 0 spiro atoms. The van der Waals surface area contributed by atoms with E-state index >= 15 is 0 Å². The quantitative estimate of drug-likeness (QED) is 0.707. The molecule has 2 unspecified atom stereocenters. The van der Waals surface area contributed by atoms with Crippen molar-refractivity contribution in [2.24, 2.45) is 5.92 Å². The van der Waals surface area contributed by atoms with E-state index in [-0.39, 0.29) is 24.6 Å². The summed E-state index contributed by atoms with van der Waals surface area (Å²) in [7, 11) is 0. The Kier molecular flexibility index (Phi) is 3.99. The molecule has 6 heteroatoms. The Morgan fingerprint density at radius 3 is 2.53 bits per heavy atom. The van der Waals surface area contributed by atoms with Gasteiger partial charge in [-0.3, -0.25) is 0 Å². The number of amides is 2. The summed E-state index contributed by atoms with van der Waals surface area (Å²) in [6.45, 7) is 2.50. The van der Waals surface area contributed by atoms with Crippen LogP contribution in [0.15, 0.2) is 0 Å². The molecule has 2 fully saturated rings. The van der Waals surface area contributed by atoms with E-state index in [1.807, 2.05) is 6.92 Å². The zero-order chi connectivity index (χ0) is 14.0. The van der Waals surface area contributed by atoms with Crippen LogP contribution < -0.4 is 5.32 Å². The van der Waals surface area contributed by atoms with Gasteiger partial charge in [-0.1, -0.05) is 19.8 Å². The molecule has 0 radical (unpaired) electrons. The lowest BCUT2D eigenvalue weighted by molar-refractivity contribution is -0.144. The second-order valence-corrected chi connectivity index (χ2v) is 5.73. The molecule has 1 heterocycles. The highest BCUT2D eigenvalue weighted by Crippen LogP contribution is 2.31. The Bertz CT molecular complexity index is 366. The highest BCUT2D eigenvalue weighted by molar-refractivity contribution is 5.86. The molecule has 1 aliphatic carbocycles. The number of hydrogen-bond donors (Lipinski definition) is 3. The van der Waals surface area contributed by atoms with E-state index in [0.717, 1.165) is 19.3 Å². The summed E-state index contributed by atoms with van der Waals surface area (Å²) < 4.78 is 0. The van der Waals surface area contributed by atoms with Crippen molar-refractivity contribution in [3.8, 4) is 0 Å². The molecule has 0 bridgehead atoms. The van der Waals surface area contributed by atoms with Gasteiger partial charge in [-0.2, -0.15) is 0 Å². The van der Waals surface area contributed by atoms with Gasteiger partial charge in [0, 0.05) is 6.54 Å². The van der Waals surface area contributed by atoms with E-state index < -0.39 is 11.5 Å². The second kappa shape index (κ2) is 5.36. The van der Waals surface area contributed by atoms with Gasteiger partial charge in [0.2, 0.25) is 0 Å². The minimum absolute atomic E-state index is 0.0747. The minimum Gasteiger partial charge on any atom is -0.480 e. The highest BCUT2D eigenvalue weighted by atomic mass is 16.4. The molecule has 0 aromatic heterocycles. The standard InChI is InChI=1S/C13H22N2O4/c1-9-4-7-15(10(9)8-16)12(19)14-13(11(17)18)5-2-3-6-13/h9-10,16H,2-8H2,1H3,(H,14,19)(H,17,18). The fraction of sp³-hybridized carbons (Fsp3) is 0.846. The van der Waals surface area contributed by atoms with Crippen LogP contribution in [0.5, 0.6) is 0 Å². The predicted molar refractivity (Wildman–Crippen MR) is 68.7 cm³/mol. The fourth-order valence-electron chi connectivity index (χ4n) is 3.19. The van der Waals surface area contributed by atoms with Crippen LogP contribution >= 0.6 is 0 Å². The summed E-state index contributed by atoms with van der Waals surface area (Å²) in [5.74, 6) is -0.703. The minimum atomic E-state index is -1.11. The number of nitrogens with one attached hydrogen (secondary N) is 1. The monoisotopic (exact) mass is 270 g/mol. The number of rotatable bonds is 3. The molecule has 1 saturated heterocycles. The van der Waals surface area contributed by atoms with Crippen molar-refractivity contribution in [2.75, 3.05) is 13.2 Å². The highest BCUT2D eigenvalue weighted by Gasteiger charge is 2.45. The Labute approximate surface area is 112 Å². The van der Waals surface area contributed by atoms with Gasteiger partial charge >= 0.3 is 12.0 Å². The number of urea groups is 1. The smallest absolute Gasteiger partial charge is 0.329 e. The first-order chi connectivity index (χ1) is 9.00. The molecule has 2 atom stereocenters. The first-order valence-electron chi connectivity index (χ1n) is 6.93. The van der Waals surface area contributed by atoms with E-state index in [4.69, 9.17) is 0 Å². The van der Waals surface area contributed by atoms with Crippen LogP contribution in [0.25, 0.3) is 0 Å². The van der Waals surface area contributed by atoms with Gasteiger partial charge in [0.05, 0.1) is 12.6 Å². The summed E-state index contributed by atoms with van der Waals surface area (Å²) >= 11 is 0. The fourth-order valence-corrected chi connectivity index (χ4v) is 3.19. The maximum atomic E-state index is 12.3. The van der Waals surface area contributed by atoms with Crippen LogP contribution in [0.4, 0.5) is 4.79 Å². The first-order valence-corrected chi connectivity index (χ1v) is 6.93. The van der Waals surface area contributed by atoms with E-state index in [1.165, 1.54) is 0 Å². The number of carboxylic acid groups (broad SMARTS) is 1. The van der Waals surface area contributed by atoms with Gasteiger partial charge in [-0.25, -0.2) is 9.59 Å². The average Bonchev–Trinajstić information content (AvgIpc) is 2.96. The number of aliphatic carboxylic acids is 1. The second-order valence-electron chi connectivity index (χ2n) is 5.73. The normalized spacial score (nSPS) is 29.5. The molecule has 3 N–H and O–H groups in total. The van der Waals surface area contributed by atoms with Gasteiger partial charge in [0.15, 0.2) is 0 Å². The topological polar surface area (TPSA) is 89.9 Å². The third kappa shape index (κ3) is 2.54. The van der Waals surface area contributed by atoms with E-state index in [0.29, 0.717) is 19.4 Å². The van der Waals surface area contributed by atoms with Crippen LogP contribution in [-0.2, 0) is 4.79 Å². The number of aliphatic hydroxyl groups excluding tert-OH is 1. The van der Waals surface area contributed by atoms with Gasteiger partial charge in [0.25, 0.3) is 0 Å². The Morgan fingerprint density at radius 2 is 2.00 bits per heavy atom. The van der Waals surface area contributed by atoms with Crippen LogP contribution in [0.3, 0.4) is 0 Å². The summed E-state index contributed by atoms with van der Waals surface area (Å²) in [6.07, 6.45) is 3.47. The molecule has 2 amide bonds. The van der Waals surface area contributed by atoms with Crippen molar-refractivity contribution in [3.63, 3.8) is 0 Å². The zero-order valence-corrected chi connectivity index (χ0v) is 11.3. The maximum Gasteiger partial charge on any atom is 0.329 e. The van der Waals surface area contributed by atoms with Crippen molar-refractivity contribution >= 4 is 12.0 Å². The summed E-state index contributed by atoms with van der Waals surface area (Å²) in [5, 5.41) is 21.4. The summed E-state index contributed by atoms with van der Waals surface area (Å²) in [6, 6.07) is -0.556. The van der Waals surface area contributed by atoms with Crippen LogP contribution in [0, 0.1) is 5.92 Å². The van der Waals surface area contributed by atoms with Crippen LogP contribution in [0.1, 0.15) is 39.0 Å². The van der Waals surface area contributed by atoms with Crippen molar-refractivity contribution in [1.29, 1.82) is 0 Å². The number of carboxylic acids is 1. The van der Waals surface area contributed by atoms with Gasteiger partial charge in [0.1, 0.15) is 5.54 Å². The molecular weight excluding hydrogens is 248 g/mol. The lowest BCUT2D eigenvalue weighted by Gasteiger charge is -2.31. The number of nitrogens with zero attached hydrogens (tertiary/aromatic N) is 1. The molecule has 6 nitrogen and oxygen atoms in total. The number of aliphatic hydroxyl groups is 1. The molecular formula is C13H22N2O4. The molecule has 0 aromatic carbocycles. The molecule has 19 heavy (non-hydrogen) atoms. The number of hydrogen-bond acceptors (Lipinski definition) is 3. The zero-order valence-electron chi connectivity index (χ0n) is 11.3. The largest absolute Gasteiger partial charge is 0.480 e. The number of likely N-dealkylation sites (tertiary alicyclic amines) is 1. The predicted octanol–water partition coefficient (Wildman–Crippen LogP) is 0.796. The lowest BCUT2D eigenvalue weighted by atomic mass is 9.98. The van der Waals surface area contributed by atoms with Crippen molar-refractivity contribution in [3.05, 3.63) is 0 Å². The van der Waals surface area contributed by atoms with E-state index in [1.54, 1.807) is 4.90 Å².